The van der Waals surface area contributed by atoms with Gasteiger partial charge in [-0.05, 0) is 37.8 Å². The summed E-state index contributed by atoms with van der Waals surface area (Å²) in [6.45, 7) is 2.76. The molecule has 1 aromatic rings. The molecule has 0 aromatic heterocycles. The lowest BCUT2D eigenvalue weighted by Gasteiger charge is -2.45. The van der Waals surface area contributed by atoms with Gasteiger partial charge in [0.1, 0.15) is 5.54 Å². The Morgan fingerprint density at radius 1 is 0.857 bits per heavy atom. The predicted molar refractivity (Wildman–Crippen MR) is 118 cm³/mol. The molecule has 2 saturated heterocycles. The Labute approximate surface area is 176 Å². The van der Waals surface area contributed by atoms with E-state index in [1.54, 1.807) is 0 Å². The molecular weight excluding hydrogens is 370 g/mol. The van der Waals surface area contributed by atoms with Crippen LogP contribution in [0.4, 0.5) is 5.69 Å². The first kappa shape index (κ1) is 21.4. The average molecular weight is 406 g/mol. The van der Waals surface area contributed by atoms with Crippen LogP contribution in [0.2, 0.25) is 0 Å². The Morgan fingerprint density at radius 2 is 1.43 bits per heavy atom. The number of hydrogen-bond acceptors (Lipinski definition) is 3. The van der Waals surface area contributed by atoms with Crippen molar-refractivity contribution in [3.8, 4) is 0 Å². The maximum absolute atomic E-state index is 12.8. The summed E-state index contributed by atoms with van der Waals surface area (Å²) in [5.41, 5.74) is 0.830. The molecule has 3 fully saturated rings. The Balaban J connectivity index is 0.00000225. The molecule has 156 valence electrons. The monoisotopic (exact) mass is 405 g/mol. The number of likely N-dealkylation sites (tertiary alicyclic amines) is 1. The van der Waals surface area contributed by atoms with Crippen molar-refractivity contribution in [2.45, 2.75) is 82.2 Å². The number of hydrogen-bond donors (Lipinski definition) is 1. The second-order valence-corrected chi connectivity index (χ2v) is 8.70. The number of carbonyl (C=O) groups excluding carboxylic acids is 1. The standard InChI is InChI=1S/C23H35N3O.ClH/c27-22-23(26(19-24-22)21-13-9-6-10-14-21)15-17-25(18-16-23)20-11-7-4-2-1-3-5-8-12-20;/h6,9-10,13-14,20H,1-5,7-8,11-12,15-19H2,(H,24,27);1H. The SMILES string of the molecule is Cl.O=C1NCN(c2ccccc2)C12CCN(C1CCCCCCCCC1)CC2. The Morgan fingerprint density at radius 3 is 2.04 bits per heavy atom. The van der Waals surface area contributed by atoms with Crippen molar-refractivity contribution in [2.24, 2.45) is 0 Å². The number of nitrogens with one attached hydrogen (secondary N) is 1. The third kappa shape index (κ3) is 4.49. The first-order valence-electron chi connectivity index (χ1n) is 11.1. The van der Waals surface area contributed by atoms with E-state index in [0.29, 0.717) is 6.67 Å². The molecule has 1 saturated carbocycles. The van der Waals surface area contributed by atoms with E-state index in [1.165, 1.54) is 63.5 Å². The van der Waals surface area contributed by atoms with Gasteiger partial charge in [-0.2, -0.15) is 0 Å². The number of rotatable bonds is 2. The number of nitrogens with zero attached hydrogens (tertiary/aromatic N) is 2. The van der Waals surface area contributed by atoms with Crippen LogP contribution in [0.15, 0.2) is 30.3 Å². The maximum atomic E-state index is 12.8. The fraction of sp³-hybridized carbons (Fsp3) is 0.696. The van der Waals surface area contributed by atoms with E-state index in [0.717, 1.165) is 32.0 Å². The average Bonchev–Trinajstić information content (AvgIpc) is 3.03. The van der Waals surface area contributed by atoms with Gasteiger partial charge in [0.15, 0.2) is 0 Å². The second-order valence-electron chi connectivity index (χ2n) is 8.70. The van der Waals surface area contributed by atoms with E-state index >= 15 is 0 Å². The summed E-state index contributed by atoms with van der Waals surface area (Å²) in [6, 6.07) is 11.2. The van der Waals surface area contributed by atoms with Crippen LogP contribution in [-0.2, 0) is 4.79 Å². The second kappa shape index (κ2) is 9.98. The summed E-state index contributed by atoms with van der Waals surface area (Å²) in [6.07, 6.45) is 14.4. The Hall–Kier alpha value is -1.26. The number of benzene rings is 1. The lowest BCUT2D eigenvalue weighted by atomic mass is 9.84. The van der Waals surface area contributed by atoms with E-state index in [-0.39, 0.29) is 23.9 Å². The molecule has 28 heavy (non-hydrogen) atoms. The molecule has 1 N–H and O–H groups in total. The molecule has 5 heteroatoms. The summed E-state index contributed by atoms with van der Waals surface area (Å²) < 4.78 is 0. The van der Waals surface area contributed by atoms with Gasteiger partial charge < -0.3 is 15.1 Å². The van der Waals surface area contributed by atoms with Crippen LogP contribution in [0, 0.1) is 0 Å². The minimum absolute atomic E-state index is 0. The summed E-state index contributed by atoms with van der Waals surface area (Å²) in [5, 5.41) is 3.12. The minimum Gasteiger partial charge on any atom is -0.339 e. The van der Waals surface area contributed by atoms with Crippen LogP contribution in [0.3, 0.4) is 0 Å². The molecule has 0 bridgehead atoms. The van der Waals surface area contributed by atoms with Crippen molar-refractivity contribution >= 4 is 24.0 Å². The third-order valence-corrected chi connectivity index (χ3v) is 7.12. The molecule has 0 radical (unpaired) electrons. The van der Waals surface area contributed by atoms with Gasteiger partial charge in [0.05, 0.1) is 6.67 Å². The molecule has 1 aromatic carbocycles. The van der Waals surface area contributed by atoms with Crippen LogP contribution in [-0.4, -0.2) is 42.1 Å². The Kier molecular flexibility index (Phi) is 7.64. The molecular formula is C23H36ClN3O. The highest BCUT2D eigenvalue weighted by Crippen LogP contribution is 2.37. The highest BCUT2D eigenvalue weighted by molar-refractivity contribution is 5.93. The van der Waals surface area contributed by atoms with Crippen molar-refractivity contribution in [2.75, 3.05) is 24.7 Å². The molecule has 4 rings (SSSR count). The van der Waals surface area contributed by atoms with E-state index in [9.17, 15) is 4.79 Å². The molecule has 2 heterocycles. The van der Waals surface area contributed by atoms with Gasteiger partial charge in [-0.3, -0.25) is 4.79 Å². The highest BCUT2D eigenvalue weighted by Gasteiger charge is 2.50. The zero-order valence-electron chi connectivity index (χ0n) is 17.1. The first-order chi connectivity index (χ1) is 13.3. The van der Waals surface area contributed by atoms with Crippen LogP contribution in [0.25, 0.3) is 0 Å². The Bertz CT molecular complexity index is 606. The lowest BCUT2D eigenvalue weighted by molar-refractivity contribution is -0.125. The van der Waals surface area contributed by atoms with Crippen molar-refractivity contribution in [1.82, 2.24) is 10.2 Å². The van der Waals surface area contributed by atoms with E-state index < -0.39 is 0 Å². The van der Waals surface area contributed by atoms with Gasteiger partial charge >= 0.3 is 0 Å². The quantitative estimate of drug-likeness (QED) is 0.772. The van der Waals surface area contributed by atoms with Crippen molar-refractivity contribution in [3.63, 3.8) is 0 Å². The van der Waals surface area contributed by atoms with E-state index in [1.807, 2.05) is 6.07 Å². The maximum Gasteiger partial charge on any atom is 0.247 e. The molecule has 1 spiro atoms. The van der Waals surface area contributed by atoms with Gasteiger partial charge in [0, 0.05) is 24.8 Å². The predicted octanol–water partition coefficient (Wildman–Crippen LogP) is 4.73. The lowest BCUT2D eigenvalue weighted by Crippen LogP contribution is -2.57. The van der Waals surface area contributed by atoms with Crippen LogP contribution in [0.1, 0.15) is 70.6 Å². The first-order valence-corrected chi connectivity index (χ1v) is 11.1. The third-order valence-electron chi connectivity index (χ3n) is 7.12. The zero-order valence-corrected chi connectivity index (χ0v) is 17.9. The minimum atomic E-state index is -0.339. The zero-order chi connectivity index (χ0) is 18.5. The number of para-hydroxylation sites is 1. The fourth-order valence-electron chi connectivity index (χ4n) is 5.45. The summed E-state index contributed by atoms with van der Waals surface area (Å²) >= 11 is 0. The van der Waals surface area contributed by atoms with Gasteiger partial charge in [-0.15, -0.1) is 12.4 Å². The van der Waals surface area contributed by atoms with Gasteiger partial charge in [0.25, 0.3) is 0 Å². The number of anilines is 1. The van der Waals surface area contributed by atoms with Crippen molar-refractivity contribution < 1.29 is 4.79 Å². The molecule has 2 aliphatic heterocycles. The van der Waals surface area contributed by atoms with Gasteiger partial charge in [-0.1, -0.05) is 63.1 Å². The molecule has 1 amide bonds. The van der Waals surface area contributed by atoms with Crippen LogP contribution < -0.4 is 10.2 Å². The van der Waals surface area contributed by atoms with Crippen molar-refractivity contribution in [1.29, 1.82) is 0 Å². The highest BCUT2D eigenvalue weighted by atomic mass is 35.5. The number of halogens is 1. The molecule has 0 unspecified atom stereocenters. The van der Waals surface area contributed by atoms with Crippen molar-refractivity contribution in [3.05, 3.63) is 30.3 Å². The van der Waals surface area contributed by atoms with Gasteiger partial charge in [-0.25, -0.2) is 0 Å². The molecule has 1 aliphatic carbocycles. The topological polar surface area (TPSA) is 35.6 Å². The van der Waals surface area contributed by atoms with Crippen LogP contribution in [0.5, 0.6) is 0 Å². The number of amides is 1. The summed E-state index contributed by atoms with van der Waals surface area (Å²) in [7, 11) is 0. The van der Waals surface area contributed by atoms with Gasteiger partial charge in [0.2, 0.25) is 5.91 Å². The fourth-order valence-corrected chi connectivity index (χ4v) is 5.45. The molecule has 0 atom stereocenters. The largest absolute Gasteiger partial charge is 0.339 e. The summed E-state index contributed by atoms with van der Waals surface area (Å²) in [5.74, 6) is 0.233. The molecule has 3 aliphatic rings. The number of piperidine rings is 1. The van der Waals surface area contributed by atoms with E-state index in [2.05, 4.69) is 39.4 Å². The van der Waals surface area contributed by atoms with E-state index in [4.69, 9.17) is 0 Å². The smallest absolute Gasteiger partial charge is 0.247 e. The molecule has 4 nitrogen and oxygen atoms in total. The van der Waals surface area contributed by atoms with Crippen LogP contribution >= 0.6 is 12.4 Å². The summed E-state index contributed by atoms with van der Waals surface area (Å²) in [4.78, 5) is 17.9. The normalized spacial score (nSPS) is 24.6. The number of carbonyl (C=O) groups is 1.